The monoisotopic (exact) mass is 467 g/mol. The second-order valence-corrected chi connectivity index (χ2v) is 8.36. The smallest absolute Gasteiger partial charge is 0.254 e. The van der Waals surface area contributed by atoms with Crippen molar-refractivity contribution in [2.45, 2.75) is 13.1 Å². The number of benzene rings is 2. The van der Waals surface area contributed by atoms with Gasteiger partial charge in [-0.15, -0.1) is 6.58 Å². The van der Waals surface area contributed by atoms with Crippen LogP contribution in [0.15, 0.2) is 108 Å². The number of hydrogen-bond acceptors (Lipinski definition) is 3. The van der Waals surface area contributed by atoms with Crippen molar-refractivity contribution in [3.63, 3.8) is 0 Å². The molecule has 0 saturated carbocycles. The fourth-order valence-electron chi connectivity index (χ4n) is 3.94. The van der Waals surface area contributed by atoms with E-state index >= 15 is 0 Å². The molecule has 0 aliphatic carbocycles. The second-order valence-electron chi connectivity index (χ2n) is 8.36. The summed E-state index contributed by atoms with van der Waals surface area (Å²) in [6.07, 6.45) is 5.17. The van der Waals surface area contributed by atoms with Crippen LogP contribution in [0.4, 0.5) is 0 Å². The Hall–Kier alpha value is -4.32. The zero-order chi connectivity index (χ0) is 24.6. The normalized spacial score (nSPS) is 10.7. The summed E-state index contributed by atoms with van der Waals surface area (Å²) in [4.78, 5) is 30.0. The summed E-state index contributed by atoms with van der Waals surface area (Å²) in [6.45, 7) is 4.71. The van der Waals surface area contributed by atoms with E-state index in [9.17, 15) is 9.59 Å². The summed E-state index contributed by atoms with van der Waals surface area (Å²) in [5.41, 5.74) is 3.63. The number of carbonyl (C=O) groups is 2. The van der Waals surface area contributed by atoms with Gasteiger partial charge in [-0.25, -0.2) is 0 Å². The molecule has 0 unspecified atom stereocenters. The van der Waals surface area contributed by atoms with Gasteiger partial charge in [0.05, 0.1) is 19.4 Å². The first-order chi connectivity index (χ1) is 17.0. The number of nitrogens with zero attached hydrogens (tertiary/aromatic N) is 3. The lowest BCUT2D eigenvalue weighted by Gasteiger charge is -2.27. The summed E-state index contributed by atoms with van der Waals surface area (Å²) in [6, 6.07) is 25.0. The van der Waals surface area contributed by atoms with E-state index in [1.807, 2.05) is 78.5 Å². The lowest BCUT2D eigenvalue weighted by Crippen LogP contribution is -2.42. The standard InChI is InChI=1S/C29H29N3O3/c1-3-17-31(29(34)25-15-13-24(14-16-25)23-9-5-4-6-10-23)22-28(33)32(21-27-12-8-19-35-27)20-26-11-7-18-30(26)2/h3-16,18-19H,1,17,20-22H2,2H3. The van der Waals surface area contributed by atoms with Crippen LogP contribution in [-0.4, -0.2) is 39.3 Å². The maximum absolute atomic E-state index is 13.4. The van der Waals surface area contributed by atoms with Gasteiger partial charge in [0, 0.05) is 31.0 Å². The summed E-state index contributed by atoms with van der Waals surface area (Å²) >= 11 is 0. The van der Waals surface area contributed by atoms with Crippen LogP contribution in [0.1, 0.15) is 21.8 Å². The first-order valence-corrected chi connectivity index (χ1v) is 11.5. The van der Waals surface area contributed by atoms with E-state index in [-0.39, 0.29) is 24.9 Å². The van der Waals surface area contributed by atoms with Crippen molar-refractivity contribution in [2.75, 3.05) is 13.1 Å². The number of aromatic nitrogens is 1. The molecule has 2 amide bonds. The van der Waals surface area contributed by atoms with Crippen LogP contribution in [0, 0.1) is 0 Å². The van der Waals surface area contributed by atoms with Crippen molar-refractivity contribution < 1.29 is 14.0 Å². The van der Waals surface area contributed by atoms with E-state index in [0.29, 0.717) is 24.4 Å². The minimum Gasteiger partial charge on any atom is -0.467 e. The molecule has 2 aromatic carbocycles. The Kier molecular flexibility index (Phi) is 7.63. The van der Waals surface area contributed by atoms with Gasteiger partial charge < -0.3 is 18.8 Å². The Morgan fingerprint density at radius 2 is 1.63 bits per heavy atom. The minimum absolute atomic E-state index is 0.0591. The molecule has 2 aromatic heterocycles. The van der Waals surface area contributed by atoms with Crippen molar-refractivity contribution in [3.05, 3.63) is 121 Å². The van der Waals surface area contributed by atoms with Crippen LogP contribution in [0.3, 0.4) is 0 Å². The molecule has 178 valence electrons. The Bertz CT molecular complexity index is 1260. The molecule has 4 aromatic rings. The summed E-state index contributed by atoms with van der Waals surface area (Å²) < 4.78 is 7.46. The van der Waals surface area contributed by atoms with Crippen LogP contribution in [0.25, 0.3) is 11.1 Å². The van der Waals surface area contributed by atoms with Crippen molar-refractivity contribution in [1.82, 2.24) is 14.4 Å². The van der Waals surface area contributed by atoms with E-state index in [1.165, 1.54) is 4.90 Å². The second kappa shape index (κ2) is 11.2. The van der Waals surface area contributed by atoms with Crippen LogP contribution < -0.4 is 0 Å². The SMILES string of the molecule is C=CCN(CC(=O)N(Cc1ccco1)Cc1cccn1C)C(=O)c1ccc(-c2ccccc2)cc1. The third-order valence-electron chi connectivity index (χ3n) is 5.89. The van der Waals surface area contributed by atoms with Crippen molar-refractivity contribution in [3.8, 4) is 11.1 Å². The molecule has 6 heteroatoms. The van der Waals surface area contributed by atoms with Crippen molar-refractivity contribution in [2.24, 2.45) is 7.05 Å². The van der Waals surface area contributed by atoms with Crippen molar-refractivity contribution >= 4 is 11.8 Å². The van der Waals surface area contributed by atoms with Crippen molar-refractivity contribution in [1.29, 1.82) is 0 Å². The quantitative estimate of drug-likeness (QED) is 0.303. The Labute approximate surface area is 205 Å². The molecule has 0 fully saturated rings. The highest BCUT2D eigenvalue weighted by molar-refractivity contribution is 5.97. The molecule has 0 radical (unpaired) electrons. The zero-order valence-electron chi connectivity index (χ0n) is 19.8. The molecular weight excluding hydrogens is 438 g/mol. The molecular formula is C29H29N3O3. The summed E-state index contributed by atoms with van der Waals surface area (Å²) in [7, 11) is 1.94. The number of amides is 2. The number of rotatable bonds is 10. The highest BCUT2D eigenvalue weighted by atomic mass is 16.3. The van der Waals surface area contributed by atoms with Crippen LogP contribution in [0.5, 0.6) is 0 Å². The zero-order valence-corrected chi connectivity index (χ0v) is 19.8. The number of aryl methyl sites for hydroxylation is 1. The summed E-state index contributed by atoms with van der Waals surface area (Å²) in [5, 5.41) is 0. The Balaban J connectivity index is 1.50. The number of hydrogen-bond donors (Lipinski definition) is 0. The lowest BCUT2D eigenvalue weighted by atomic mass is 10.0. The lowest BCUT2D eigenvalue weighted by molar-refractivity contribution is -0.133. The van der Waals surface area contributed by atoms with Gasteiger partial charge in [-0.1, -0.05) is 48.5 Å². The Morgan fingerprint density at radius 1 is 0.886 bits per heavy atom. The number of furan rings is 1. The highest BCUT2D eigenvalue weighted by Crippen LogP contribution is 2.20. The fourth-order valence-corrected chi connectivity index (χ4v) is 3.94. The van der Waals surface area contributed by atoms with E-state index < -0.39 is 0 Å². The van der Waals surface area contributed by atoms with Gasteiger partial charge in [-0.2, -0.15) is 0 Å². The van der Waals surface area contributed by atoms with Crippen LogP contribution in [-0.2, 0) is 24.9 Å². The van der Waals surface area contributed by atoms with E-state index in [4.69, 9.17) is 4.42 Å². The third-order valence-corrected chi connectivity index (χ3v) is 5.89. The molecule has 6 nitrogen and oxygen atoms in total. The van der Waals surface area contributed by atoms with Crippen LogP contribution in [0.2, 0.25) is 0 Å². The average molecular weight is 468 g/mol. The molecule has 4 rings (SSSR count). The maximum atomic E-state index is 13.4. The third kappa shape index (κ3) is 5.98. The topological polar surface area (TPSA) is 58.7 Å². The first-order valence-electron chi connectivity index (χ1n) is 11.5. The molecule has 0 aliphatic heterocycles. The molecule has 0 saturated heterocycles. The predicted molar refractivity (Wildman–Crippen MR) is 136 cm³/mol. The number of carbonyl (C=O) groups excluding carboxylic acids is 2. The molecule has 35 heavy (non-hydrogen) atoms. The fraction of sp³-hybridized carbons (Fsp3) is 0.172. The summed E-state index contributed by atoms with van der Waals surface area (Å²) in [5.74, 6) is 0.305. The van der Waals surface area contributed by atoms with Gasteiger partial charge in [-0.3, -0.25) is 9.59 Å². The van der Waals surface area contributed by atoms with E-state index in [0.717, 1.165) is 16.8 Å². The Morgan fingerprint density at radius 3 is 2.26 bits per heavy atom. The molecule has 0 bridgehead atoms. The van der Waals surface area contributed by atoms with Gasteiger partial charge >= 0.3 is 0 Å². The molecule has 0 atom stereocenters. The predicted octanol–water partition coefficient (Wildman–Crippen LogP) is 5.14. The van der Waals surface area contributed by atoms with Gasteiger partial charge in [0.15, 0.2) is 0 Å². The average Bonchev–Trinajstić information content (AvgIpc) is 3.55. The molecule has 0 spiro atoms. The van der Waals surface area contributed by atoms with Gasteiger partial charge in [0.25, 0.3) is 5.91 Å². The van der Waals surface area contributed by atoms with E-state index in [1.54, 1.807) is 35.4 Å². The van der Waals surface area contributed by atoms with E-state index in [2.05, 4.69) is 6.58 Å². The first kappa shape index (κ1) is 23.8. The largest absolute Gasteiger partial charge is 0.467 e. The van der Waals surface area contributed by atoms with Gasteiger partial charge in [-0.05, 0) is 47.5 Å². The molecule has 0 aliphatic rings. The minimum atomic E-state index is -0.213. The highest BCUT2D eigenvalue weighted by Gasteiger charge is 2.23. The molecule has 0 N–H and O–H groups in total. The molecule has 2 heterocycles. The van der Waals surface area contributed by atoms with Gasteiger partial charge in [0.1, 0.15) is 12.3 Å². The maximum Gasteiger partial charge on any atom is 0.254 e. The van der Waals surface area contributed by atoms with Crippen LogP contribution >= 0.6 is 0 Å². The van der Waals surface area contributed by atoms with Gasteiger partial charge in [0.2, 0.25) is 5.91 Å².